The fraction of sp³-hybridized carbons (Fsp3) is 0.333. The van der Waals surface area contributed by atoms with E-state index in [1.165, 1.54) is 4.90 Å². The lowest BCUT2D eigenvalue weighted by Gasteiger charge is -2.12. The summed E-state index contributed by atoms with van der Waals surface area (Å²) in [5.74, 6) is 0.592. The maximum Gasteiger partial charge on any atom is 0.271 e. The lowest BCUT2D eigenvalue weighted by Crippen LogP contribution is -2.18. The number of hydrogen-bond acceptors (Lipinski definition) is 6. The quantitative estimate of drug-likeness (QED) is 0.679. The Kier molecular flexibility index (Phi) is 3.74. The van der Waals surface area contributed by atoms with Crippen molar-refractivity contribution in [2.24, 2.45) is 0 Å². The van der Waals surface area contributed by atoms with Crippen molar-refractivity contribution < 1.29 is 0 Å². The first-order valence-corrected chi connectivity index (χ1v) is 8.43. The highest BCUT2D eigenvalue weighted by atomic mass is 32.2. The zero-order valence-corrected chi connectivity index (χ0v) is 13.1. The Morgan fingerprint density at radius 1 is 1.22 bits per heavy atom. The molecule has 1 fully saturated rings. The van der Waals surface area contributed by atoms with E-state index < -0.39 is 0 Å². The van der Waals surface area contributed by atoms with Crippen LogP contribution >= 0.6 is 11.8 Å². The van der Waals surface area contributed by atoms with Crippen LogP contribution in [0.2, 0.25) is 0 Å². The van der Waals surface area contributed by atoms with Gasteiger partial charge in [-0.3, -0.25) is 15.0 Å². The number of aromatic amines is 2. The van der Waals surface area contributed by atoms with E-state index in [4.69, 9.17) is 0 Å². The lowest BCUT2D eigenvalue weighted by molar-refractivity contribution is 0.739. The molecule has 2 heterocycles. The predicted molar refractivity (Wildman–Crippen MR) is 89.7 cm³/mol. The van der Waals surface area contributed by atoms with E-state index in [1.807, 2.05) is 30.0 Å². The van der Waals surface area contributed by atoms with E-state index in [0.29, 0.717) is 22.6 Å². The zero-order valence-electron chi connectivity index (χ0n) is 12.3. The Morgan fingerprint density at radius 3 is 3.04 bits per heavy atom. The fourth-order valence-electron chi connectivity index (χ4n) is 2.96. The standard InChI is InChI=1S/C15H16N6OS/c22-14-12-4-3-11(8-13(12)19-20-14)23-10-2-1-9(7-10)18-15-16-5-6-17-21-15/h3-6,8-10H,1-2,7H2,(H,16,18,21)(H2,19,20,22). The summed E-state index contributed by atoms with van der Waals surface area (Å²) >= 11 is 1.86. The zero-order chi connectivity index (χ0) is 15.6. The maximum atomic E-state index is 11.5. The summed E-state index contributed by atoms with van der Waals surface area (Å²) in [6, 6.07) is 6.30. The average Bonchev–Trinajstić information content (AvgIpc) is 3.15. The number of nitrogens with one attached hydrogen (secondary N) is 3. The molecule has 4 rings (SSSR count). The van der Waals surface area contributed by atoms with Crippen LogP contribution in [0.15, 0.2) is 40.3 Å². The monoisotopic (exact) mass is 328 g/mol. The predicted octanol–water partition coefficient (Wildman–Crippen LogP) is 2.17. The van der Waals surface area contributed by atoms with Crippen LogP contribution in [-0.4, -0.2) is 36.7 Å². The Labute approximate surface area is 136 Å². The molecule has 0 saturated heterocycles. The van der Waals surface area contributed by atoms with Crippen molar-refractivity contribution in [3.05, 3.63) is 40.9 Å². The Balaban J connectivity index is 1.40. The summed E-state index contributed by atoms with van der Waals surface area (Å²) in [6.45, 7) is 0. The number of H-pyrrole nitrogens is 2. The molecule has 1 aliphatic carbocycles. The summed E-state index contributed by atoms with van der Waals surface area (Å²) < 4.78 is 0. The van der Waals surface area contributed by atoms with Crippen molar-refractivity contribution >= 4 is 28.6 Å². The molecule has 23 heavy (non-hydrogen) atoms. The van der Waals surface area contributed by atoms with Gasteiger partial charge in [0.1, 0.15) is 0 Å². The molecule has 0 bridgehead atoms. The number of aromatic nitrogens is 5. The van der Waals surface area contributed by atoms with Crippen molar-refractivity contribution in [2.75, 3.05) is 5.32 Å². The second-order valence-corrected chi connectivity index (χ2v) is 7.02. The van der Waals surface area contributed by atoms with Crippen molar-refractivity contribution in [1.82, 2.24) is 25.4 Å². The SMILES string of the molecule is O=c1[nH][nH]c2cc(SC3CCC(Nc4nccnn4)C3)ccc12. The largest absolute Gasteiger partial charge is 0.350 e. The van der Waals surface area contributed by atoms with Gasteiger partial charge < -0.3 is 5.32 Å². The molecule has 1 aromatic carbocycles. The van der Waals surface area contributed by atoms with Crippen LogP contribution in [0.5, 0.6) is 0 Å². The van der Waals surface area contributed by atoms with E-state index in [9.17, 15) is 4.79 Å². The molecule has 0 radical (unpaired) electrons. The number of rotatable bonds is 4. The maximum absolute atomic E-state index is 11.5. The molecular weight excluding hydrogens is 312 g/mol. The van der Waals surface area contributed by atoms with Gasteiger partial charge in [-0.05, 0) is 37.5 Å². The van der Waals surface area contributed by atoms with Gasteiger partial charge in [0.2, 0.25) is 5.95 Å². The first-order valence-electron chi connectivity index (χ1n) is 7.55. The van der Waals surface area contributed by atoms with Gasteiger partial charge >= 0.3 is 0 Å². The van der Waals surface area contributed by atoms with E-state index >= 15 is 0 Å². The van der Waals surface area contributed by atoms with Crippen molar-refractivity contribution in [2.45, 2.75) is 35.4 Å². The van der Waals surface area contributed by atoms with Crippen LogP contribution in [-0.2, 0) is 0 Å². The van der Waals surface area contributed by atoms with Gasteiger partial charge in [0.05, 0.1) is 23.3 Å². The van der Waals surface area contributed by atoms with Gasteiger partial charge in [0.15, 0.2) is 0 Å². The normalized spacial score (nSPS) is 20.9. The van der Waals surface area contributed by atoms with Gasteiger partial charge in [-0.15, -0.1) is 16.9 Å². The molecule has 8 heteroatoms. The molecule has 2 aromatic heterocycles. The van der Waals surface area contributed by atoms with Crippen LogP contribution < -0.4 is 10.9 Å². The van der Waals surface area contributed by atoms with E-state index in [0.717, 1.165) is 24.8 Å². The molecule has 118 valence electrons. The third kappa shape index (κ3) is 3.07. The summed E-state index contributed by atoms with van der Waals surface area (Å²) in [6.07, 6.45) is 6.51. The second-order valence-electron chi connectivity index (χ2n) is 5.65. The molecule has 1 saturated carbocycles. The molecule has 2 unspecified atom stereocenters. The van der Waals surface area contributed by atoms with Gasteiger partial charge in [-0.25, -0.2) is 4.98 Å². The average molecular weight is 328 g/mol. The molecule has 3 N–H and O–H groups in total. The summed E-state index contributed by atoms with van der Waals surface area (Å²) in [7, 11) is 0. The van der Waals surface area contributed by atoms with E-state index in [1.54, 1.807) is 12.4 Å². The minimum absolute atomic E-state index is 0.0712. The third-order valence-electron chi connectivity index (χ3n) is 4.05. The molecule has 0 spiro atoms. The smallest absolute Gasteiger partial charge is 0.271 e. The topological polar surface area (TPSA) is 99.3 Å². The lowest BCUT2D eigenvalue weighted by atomic mass is 10.2. The molecule has 7 nitrogen and oxygen atoms in total. The molecule has 0 aliphatic heterocycles. The summed E-state index contributed by atoms with van der Waals surface area (Å²) in [4.78, 5) is 16.9. The van der Waals surface area contributed by atoms with E-state index in [2.05, 4.69) is 30.7 Å². The first kappa shape index (κ1) is 14.3. The van der Waals surface area contributed by atoms with Gasteiger partial charge in [0, 0.05) is 16.2 Å². The van der Waals surface area contributed by atoms with Crippen LogP contribution in [0.25, 0.3) is 10.9 Å². The number of hydrogen-bond donors (Lipinski definition) is 3. The highest BCUT2D eigenvalue weighted by molar-refractivity contribution is 8.00. The number of thioether (sulfide) groups is 1. The van der Waals surface area contributed by atoms with Gasteiger partial charge in [-0.1, -0.05) is 0 Å². The molecule has 0 amide bonds. The summed E-state index contributed by atoms with van der Waals surface area (Å²) in [5.41, 5.74) is 0.787. The molecule has 2 atom stereocenters. The number of anilines is 1. The number of fused-ring (bicyclic) bond motifs is 1. The fourth-order valence-corrected chi connectivity index (χ4v) is 4.26. The summed E-state index contributed by atoms with van der Waals surface area (Å²) in [5, 5.41) is 17.9. The highest BCUT2D eigenvalue weighted by Crippen LogP contribution is 2.36. The first-order chi connectivity index (χ1) is 11.3. The second kappa shape index (κ2) is 6.04. The van der Waals surface area contributed by atoms with E-state index in [-0.39, 0.29) is 5.56 Å². The van der Waals surface area contributed by atoms with Crippen LogP contribution in [0.1, 0.15) is 19.3 Å². The van der Waals surface area contributed by atoms with Gasteiger partial charge in [0.25, 0.3) is 5.56 Å². The molecular formula is C15H16N6OS. The van der Waals surface area contributed by atoms with Crippen LogP contribution in [0, 0.1) is 0 Å². The Bertz CT molecular complexity index is 861. The third-order valence-corrected chi connectivity index (χ3v) is 5.34. The Morgan fingerprint density at radius 2 is 2.17 bits per heavy atom. The highest BCUT2D eigenvalue weighted by Gasteiger charge is 2.26. The Hall–Kier alpha value is -2.35. The molecule has 3 aromatic rings. The molecule has 1 aliphatic rings. The van der Waals surface area contributed by atoms with Crippen LogP contribution in [0.4, 0.5) is 5.95 Å². The van der Waals surface area contributed by atoms with Crippen LogP contribution in [0.3, 0.4) is 0 Å². The minimum Gasteiger partial charge on any atom is -0.350 e. The van der Waals surface area contributed by atoms with Crippen molar-refractivity contribution in [3.8, 4) is 0 Å². The number of benzene rings is 1. The minimum atomic E-state index is -0.0712. The van der Waals surface area contributed by atoms with Crippen molar-refractivity contribution in [3.63, 3.8) is 0 Å². The van der Waals surface area contributed by atoms with Crippen molar-refractivity contribution in [1.29, 1.82) is 0 Å². The van der Waals surface area contributed by atoms with Gasteiger partial charge in [-0.2, -0.15) is 5.10 Å². The number of nitrogens with zero attached hydrogens (tertiary/aromatic N) is 3.